The van der Waals surface area contributed by atoms with Crippen LogP contribution in [0.4, 0.5) is 8.78 Å². The van der Waals surface area contributed by atoms with Gasteiger partial charge in [-0.15, -0.1) is 0 Å². The van der Waals surface area contributed by atoms with Crippen LogP contribution in [0.3, 0.4) is 0 Å². The number of rotatable bonds is 4. The third-order valence-corrected chi connectivity index (χ3v) is 2.84. The van der Waals surface area contributed by atoms with Gasteiger partial charge in [0.05, 0.1) is 0 Å². The molecule has 1 aromatic rings. The highest BCUT2D eigenvalue weighted by molar-refractivity contribution is 5.68. The molecular weight excluding hydrogens is 218 g/mol. The van der Waals surface area contributed by atoms with Crippen molar-refractivity contribution in [1.82, 2.24) is 0 Å². The SMILES string of the molecule is C/C=C(/CC(=C(F)F)c1ccccc1)C(C)C. The van der Waals surface area contributed by atoms with E-state index in [4.69, 9.17) is 0 Å². The van der Waals surface area contributed by atoms with E-state index in [2.05, 4.69) is 0 Å². The molecule has 0 aliphatic rings. The molecular formula is C15H18F2. The summed E-state index contributed by atoms with van der Waals surface area (Å²) in [5.74, 6) is 0.290. The maximum absolute atomic E-state index is 13.0. The minimum absolute atomic E-state index is 0.132. The summed E-state index contributed by atoms with van der Waals surface area (Å²) in [4.78, 5) is 0. The van der Waals surface area contributed by atoms with E-state index in [-0.39, 0.29) is 11.5 Å². The molecule has 0 aliphatic carbocycles. The Kier molecular flexibility index (Phi) is 5.08. The highest BCUT2D eigenvalue weighted by Gasteiger charge is 2.13. The third-order valence-electron chi connectivity index (χ3n) is 2.84. The molecule has 0 aromatic heterocycles. The lowest BCUT2D eigenvalue weighted by molar-refractivity contribution is 0.423. The van der Waals surface area contributed by atoms with Crippen molar-refractivity contribution in [3.63, 3.8) is 0 Å². The van der Waals surface area contributed by atoms with E-state index in [9.17, 15) is 8.78 Å². The molecule has 1 rings (SSSR count). The lowest BCUT2D eigenvalue weighted by atomic mass is 9.92. The van der Waals surface area contributed by atoms with Gasteiger partial charge in [-0.25, -0.2) is 0 Å². The lowest BCUT2D eigenvalue weighted by Gasteiger charge is -2.13. The van der Waals surface area contributed by atoms with Gasteiger partial charge in [-0.1, -0.05) is 55.8 Å². The van der Waals surface area contributed by atoms with Gasteiger partial charge in [-0.05, 0) is 24.8 Å². The molecule has 0 spiro atoms. The van der Waals surface area contributed by atoms with Crippen LogP contribution >= 0.6 is 0 Å². The minimum atomic E-state index is -1.59. The van der Waals surface area contributed by atoms with E-state index in [0.29, 0.717) is 12.0 Å². The van der Waals surface area contributed by atoms with Crippen LogP contribution in [-0.4, -0.2) is 0 Å². The zero-order chi connectivity index (χ0) is 12.8. The van der Waals surface area contributed by atoms with Crippen molar-refractivity contribution in [2.45, 2.75) is 27.2 Å². The van der Waals surface area contributed by atoms with Crippen LogP contribution < -0.4 is 0 Å². The Hall–Kier alpha value is -1.44. The van der Waals surface area contributed by atoms with Crippen molar-refractivity contribution in [3.8, 4) is 0 Å². The second-order valence-corrected chi connectivity index (χ2v) is 4.30. The molecule has 17 heavy (non-hydrogen) atoms. The van der Waals surface area contributed by atoms with Gasteiger partial charge in [0.1, 0.15) is 0 Å². The van der Waals surface area contributed by atoms with Crippen LogP contribution in [0.1, 0.15) is 32.8 Å². The normalized spacial score (nSPS) is 11.8. The van der Waals surface area contributed by atoms with Gasteiger partial charge in [0.2, 0.25) is 0 Å². The first-order valence-corrected chi connectivity index (χ1v) is 5.81. The number of halogens is 2. The molecule has 0 fully saturated rings. The number of hydrogen-bond donors (Lipinski definition) is 0. The topological polar surface area (TPSA) is 0 Å². The fraction of sp³-hybridized carbons (Fsp3) is 0.333. The van der Waals surface area contributed by atoms with Gasteiger partial charge in [0.15, 0.2) is 0 Å². The van der Waals surface area contributed by atoms with Crippen LogP contribution in [0.25, 0.3) is 5.57 Å². The smallest absolute Gasteiger partial charge is 0.173 e. The second-order valence-electron chi connectivity index (χ2n) is 4.30. The predicted octanol–water partition coefficient (Wildman–Crippen LogP) is 5.29. The molecule has 92 valence electrons. The molecule has 0 aliphatic heterocycles. The highest BCUT2D eigenvalue weighted by Crippen LogP contribution is 2.30. The molecule has 2 heteroatoms. The quantitative estimate of drug-likeness (QED) is 0.623. The summed E-state index contributed by atoms with van der Waals surface area (Å²) >= 11 is 0. The van der Waals surface area contributed by atoms with Gasteiger partial charge >= 0.3 is 0 Å². The average Bonchev–Trinajstić information content (AvgIpc) is 2.30. The molecule has 0 radical (unpaired) electrons. The summed E-state index contributed by atoms with van der Waals surface area (Å²) in [5, 5.41) is 0. The van der Waals surface area contributed by atoms with Crippen LogP contribution in [-0.2, 0) is 0 Å². The Balaban J connectivity index is 3.03. The molecule has 0 amide bonds. The Bertz CT molecular complexity index is 410. The van der Waals surface area contributed by atoms with Gasteiger partial charge in [-0.2, -0.15) is 8.78 Å². The first-order chi connectivity index (χ1) is 8.06. The molecule has 0 saturated heterocycles. The van der Waals surface area contributed by atoms with E-state index in [1.54, 1.807) is 24.3 Å². The minimum Gasteiger partial charge on any atom is -0.173 e. The molecule has 0 heterocycles. The number of allylic oxidation sites excluding steroid dienone is 3. The standard InChI is InChI=1S/C15H18F2/c1-4-12(11(2)3)10-14(15(16)17)13-8-6-5-7-9-13/h4-9,11H,10H2,1-3H3/b12-4-. The first kappa shape index (κ1) is 13.6. The fourth-order valence-electron chi connectivity index (χ4n) is 1.76. The number of hydrogen-bond acceptors (Lipinski definition) is 0. The zero-order valence-electron chi connectivity index (χ0n) is 10.5. The van der Waals surface area contributed by atoms with Crippen molar-refractivity contribution in [2.75, 3.05) is 0 Å². The van der Waals surface area contributed by atoms with E-state index < -0.39 is 6.08 Å². The average molecular weight is 236 g/mol. The molecule has 0 bridgehead atoms. The summed E-state index contributed by atoms with van der Waals surface area (Å²) in [7, 11) is 0. The van der Waals surface area contributed by atoms with Crippen LogP contribution in [0.5, 0.6) is 0 Å². The Morgan fingerprint density at radius 2 is 1.76 bits per heavy atom. The molecule has 0 saturated carbocycles. The number of benzene rings is 1. The zero-order valence-corrected chi connectivity index (χ0v) is 10.5. The first-order valence-electron chi connectivity index (χ1n) is 5.81. The van der Waals surface area contributed by atoms with Crippen molar-refractivity contribution >= 4 is 5.57 Å². The van der Waals surface area contributed by atoms with Crippen molar-refractivity contribution in [3.05, 3.63) is 53.6 Å². The summed E-state index contributed by atoms with van der Waals surface area (Å²) in [6.45, 7) is 5.94. The second kappa shape index (κ2) is 6.33. The Labute approximate surface area is 102 Å². The molecule has 0 atom stereocenters. The van der Waals surface area contributed by atoms with E-state index in [1.807, 2.05) is 32.9 Å². The maximum atomic E-state index is 13.0. The van der Waals surface area contributed by atoms with Gasteiger partial charge in [0, 0.05) is 5.57 Å². The predicted molar refractivity (Wildman–Crippen MR) is 68.8 cm³/mol. The fourth-order valence-corrected chi connectivity index (χ4v) is 1.76. The largest absolute Gasteiger partial charge is 0.274 e. The molecule has 0 nitrogen and oxygen atoms in total. The van der Waals surface area contributed by atoms with E-state index >= 15 is 0 Å². The third kappa shape index (κ3) is 3.81. The van der Waals surface area contributed by atoms with Crippen molar-refractivity contribution in [2.24, 2.45) is 5.92 Å². The van der Waals surface area contributed by atoms with Gasteiger partial charge in [0.25, 0.3) is 6.08 Å². The van der Waals surface area contributed by atoms with Crippen LogP contribution in [0.15, 0.2) is 48.1 Å². The molecule has 1 aromatic carbocycles. The maximum Gasteiger partial charge on any atom is 0.274 e. The Morgan fingerprint density at radius 1 is 1.18 bits per heavy atom. The van der Waals surface area contributed by atoms with E-state index in [0.717, 1.165) is 5.57 Å². The van der Waals surface area contributed by atoms with Crippen molar-refractivity contribution in [1.29, 1.82) is 0 Å². The lowest BCUT2D eigenvalue weighted by Crippen LogP contribution is -1.97. The van der Waals surface area contributed by atoms with Gasteiger partial charge < -0.3 is 0 Å². The summed E-state index contributed by atoms with van der Waals surface area (Å²) in [5.41, 5.74) is 1.77. The van der Waals surface area contributed by atoms with Gasteiger partial charge in [-0.3, -0.25) is 0 Å². The Morgan fingerprint density at radius 3 is 2.18 bits per heavy atom. The monoisotopic (exact) mass is 236 g/mol. The summed E-state index contributed by atoms with van der Waals surface area (Å²) < 4.78 is 26.0. The van der Waals surface area contributed by atoms with Crippen LogP contribution in [0, 0.1) is 5.92 Å². The van der Waals surface area contributed by atoms with Crippen LogP contribution in [0.2, 0.25) is 0 Å². The summed E-state index contributed by atoms with van der Waals surface area (Å²) in [6.07, 6.45) is 0.660. The highest BCUT2D eigenvalue weighted by atomic mass is 19.3. The van der Waals surface area contributed by atoms with Crippen molar-refractivity contribution < 1.29 is 8.78 Å². The summed E-state index contributed by atoms with van der Waals surface area (Å²) in [6, 6.07) is 8.84. The van der Waals surface area contributed by atoms with E-state index in [1.165, 1.54) is 0 Å². The molecule has 0 unspecified atom stereocenters. The molecule has 0 N–H and O–H groups in total.